The molecule has 1 N–H and O–H groups in total. The van der Waals surface area contributed by atoms with Crippen LogP contribution in [-0.2, 0) is 17.9 Å². The van der Waals surface area contributed by atoms with Gasteiger partial charge in [-0.2, -0.15) is 0 Å². The molecule has 0 saturated carbocycles. The first-order chi connectivity index (χ1) is 14.4. The maximum Gasteiger partial charge on any atom is 0.407 e. The van der Waals surface area contributed by atoms with Crippen molar-refractivity contribution in [1.82, 2.24) is 5.32 Å². The molecule has 0 heterocycles. The highest BCUT2D eigenvalue weighted by Gasteiger charge is 2.13. The maximum atomic E-state index is 14.3. The molecule has 9 heteroatoms. The number of hydrogen-bond acceptors (Lipinski definition) is 5. The molecule has 0 aliphatic rings. The fourth-order valence-electron chi connectivity index (χ4n) is 2.49. The third-order valence-corrected chi connectivity index (χ3v) is 4.29. The van der Waals surface area contributed by atoms with Crippen LogP contribution in [0.4, 0.5) is 14.9 Å². The number of rotatable bonds is 7. The third kappa shape index (κ3) is 5.68. The Hall–Kier alpha value is -3.65. The topological polar surface area (TPSA) is 90.7 Å². The average Bonchev–Trinajstić information content (AvgIpc) is 2.74. The second-order valence-corrected chi connectivity index (χ2v) is 6.56. The predicted octanol–water partition coefficient (Wildman–Crippen LogP) is 5.61. The van der Waals surface area contributed by atoms with Crippen LogP contribution in [0.3, 0.4) is 0 Å². The Balaban J connectivity index is 1.56. The second kappa shape index (κ2) is 9.71. The van der Waals surface area contributed by atoms with Gasteiger partial charge in [-0.15, -0.1) is 0 Å². The zero-order valence-electron chi connectivity index (χ0n) is 15.5. The van der Waals surface area contributed by atoms with Crippen LogP contribution >= 0.6 is 11.6 Å². The molecule has 0 saturated heterocycles. The first-order valence-electron chi connectivity index (χ1n) is 8.77. The highest BCUT2D eigenvalue weighted by Crippen LogP contribution is 2.33. The summed E-state index contributed by atoms with van der Waals surface area (Å²) in [6.07, 6.45) is -0.628. The molecular weight excluding hydrogens is 415 g/mol. The Morgan fingerprint density at radius 2 is 1.77 bits per heavy atom. The van der Waals surface area contributed by atoms with E-state index in [-0.39, 0.29) is 35.4 Å². The number of nitro groups is 1. The zero-order valence-corrected chi connectivity index (χ0v) is 16.3. The van der Waals surface area contributed by atoms with Gasteiger partial charge in [0.2, 0.25) is 0 Å². The lowest BCUT2D eigenvalue weighted by Gasteiger charge is -2.10. The molecule has 0 spiro atoms. The Labute approximate surface area is 176 Å². The Morgan fingerprint density at radius 1 is 1.03 bits per heavy atom. The van der Waals surface area contributed by atoms with Crippen LogP contribution < -0.4 is 10.1 Å². The normalized spacial score (nSPS) is 10.3. The van der Waals surface area contributed by atoms with Crippen LogP contribution in [0, 0.1) is 15.9 Å². The minimum absolute atomic E-state index is 0.0181. The van der Waals surface area contributed by atoms with Gasteiger partial charge in [0.1, 0.15) is 12.4 Å². The summed E-state index contributed by atoms with van der Waals surface area (Å²) in [5, 5.41) is 13.3. The van der Waals surface area contributed by atoms with E-state index in [0.717, 1.165) is 11.6 Å². The van der Waals surface area contributed by atoms with E-state index in [1.165, 1.54) is 24.3 Å². The molecule has 0 unspecified atom stereocenters. The monoisotopic (exact) mass is 430 g/mol. The van der Waals surface area contributed by atoms with Crippen molar-refractivity contribution in [2.24, 2.45) is 0 Å². The van der Waals surface area contributed by atoms with Crippen molar-refractivity contribution < 1.29 is 23.6 Å². The molecule has 3 aromatic carbocycles. The van der Waals surface area contributed by atoms with Crippen molar-refractivity contribution in [3.63, 3.8) is 0 Å². The van der Waals surface area contributed by atoms with Gasteiger partial charge in [0.15, 0.2) is 11.6 Å². The quantitative estimate of drug-likeness (QED) is 0.389. The zero-order chi connectivity index (χ0) is 21.5. The number of carbonyl (C=O) groups is 1. The molecule has 0 atom stereocenters. The number of nitrogens with zero attached hydrogens (tertiary/aromatic N) is 1. The van der Waals surface area contributed by atoms with Crippen molar-refractivity contribution in [1.29, 1.82) is 0 Å². The van der Waals surface area contributed by atoms with Gasteiger partial charge in [-0.3, -0.25) is 10.1 Å². The average molecular weight is 431 g/mol. The lowest BCUT2D eigenvalue weighted by atomic mass is 10.2. The van der Waals surface area contributed by atoms with Gasteiger partial charge < -0.3 is 14.8 Å². The molecule has 0 radical (unpaired) electrons. The number of ether oxygens (including phenoxy) is 2. The van der Waals surface area contributed by atoms with Gasteiger partial charge in [0, 0.05) is 18.7 Å². The van der Waals surface area contributed by atoms with Crippen molar-refractivity contribution in [2.45, 2.75) is 13.2 Å². The van der Waals surface area contributed by atoms with Gasteiger partial charge in [-0.05, 0) is 29.3 Å². The number of benzene rings is 3. The molecule has 3 aromatic rings. The van der Waals surface area contributed by atoms with Crippen LogP contribution in [0.15, 0.2) is 66.7 Å². The molecule has 0 aliphatic heterocycles. The summed E-state index contributed by atoms with van der Waals surface area (Å²) in [6, 6.07) is 17.0. The third-order valence-electron chi connectivity index (χ3n) is 3.99. The van der Waals surface area contributed by atoms with Crippen molar-refractivity contribution in [3.05, 3.63) is 98.8 Å². The molecule has 0 aliphatic carbocycles. The number of nitrogens with one attached hydrogen (secondary N) is 1. The lowest BCUT2D eigenvalue weighted by molar-refractivity contribution is -0.384. The van der Waals surface area contributed by atoms with E-state index < -0.39 is 16.8 Å². The minimum Gasteiger partial charge on any atom is -0.453 e. The van der Waals surface area contributed by atoms with Crippen LogP contribution in [0.1, 0.15) is 11.1 Å². The largest absolute Gasteiger partial charge is 0.453 e. The maximum absolute atomic E-state index is 14.3. The molecule has 1 amide bonds. The number of halogens is 2. The van der Waals surface area contributed by atoms with E-state index in [0.29, 0.717) is 5.56 Å². The van der Waals surface area contributed by atoms with Crippen molar-refractivity contribution >= 4 is 23.4 Å². The summed E-state index contributed by atoms with van der Waals surface area (Å²) >= 11 is 5.95. The van der Waals surface area contributed by atoms with Gasteiger partial charge in [-0.1, -0.05) is 48.0 Å². The number of alkyl carbamates (subject to hydrolysis) is 1. The van der Waals surface area contributed by atoms with E-state index in [4.69, 9.17) is 21.1 Å². The Kier molecular flexibility index (Phi) is 6.82. The first kappa shape index (κ1) is 21.1. The summed E-state index contributed by atoms with van der Waals surface area (Å²) < 4.78 is 24.8. The van der Waals surface area contributed by atoms with E-state index in [2.05, 4.69) is 5.32 Å². The second-order valence-electron chi connectivity index (χ2n) is 6.15. The van der Waals surface area contributed by atoms with Gasteiger partial charge >= 0.3 is 6.09 Å². The highest BCUT2D eigenvalue weighted by molar-refractivity contribution is 6.32. The van der Waals surface area contributed by atoms with Crippen LogP contribution in [0.5, 0.6) is 11.5 Å². The van der Waals surface area contributed by atoms with Gasteiger partial charge in [0.25, 0.3) is 5.69 Å². The van der Waals surface area contributed by atoms with E-state index >= 15 is 0 Å². The Bertz CT molecular complexity index is 1060. The fourth-order valence-corrected chi connectivity index (χ4v) is 2.70. The first-order valence-corrected chi connectivity index (χ1v) is 9.15. The lowest BCUT2D eigenvalue weighted by Crippen LogP contribution is -2.23. The number of amides is 1. The van der Waals surface area contributed by atoms with Gasteiger partial charge in [0.05, 0.1) is 9.95 Å². The standard InChI is InChI=1S/C21H16ClFN2O5/c22-17-11-16(25(27)28)7-9-19(17)30-20-8-6-15(10-18(20)23)12-24-21(26)29-13-14-4-2-1-3-5-14/h1-11H,12-13H2,(H,24,26). The highest BCUT2D eigenvalue weighted by atomic mass is 35.5. The molecule has 7 nitrogen and oxygen atoms in total. The summed E-state index contributed by atoms with van der Waals surface area (Å²) in [7, 11) is 0. The SMILES string of the molecule is O=C(NCc1ccc(Oc2ccc([N+](=O)[O-])cc2Cl)c(F)c1)OCc1ccccc1. The molecule has 154 valence electrons. The van der Waals surface area contributed by atoms with Crippen molar-refractivity contribution in [2.75, 3.05) is 0 Å². The number of nitro benzene ring substituents is 1. The smallest absolute Gasteiger partial charge is 0.407 e. The van der Waals surface area contributed by atoms with Gasteiger partial charge in [-0.25, -0.2) is 9.18 Å². The number of non-ortho nitro benzene ring substituents is 1. The van der Waals surface area contributed by atoms with E-state index in [1.54, 1.807) is 6.07 Å². The van der Waals surface area contributed by atoms with Crippen LogP contribution in [0.2, 0.25) is 5.02 Å². The number of carbonyl (C=O) groups excluding carboxylic acids is 1. The summed E-state index contributed by atoms with van der Waals surface area (Å²) in [4.78, 5) is 21.9. The summed E-state index contributed by atoms with van der Waals surface area (Å²) in [5.74, 6) is -0.709. The van der Waals surface area contributed by atoms with Crippen LogP contribution in [-0.4, -0.2) is 11.0 Å². The Morgan fingerprint density at radius 3 is 2.43 bits per heavy atom. The minimum atomic E-state index is -0.679. The summed E-state index contributed by atoms with van der Waals surface area (Å²) in [5.41, 5.74) is 1.14. The summed E-state index contributed by atoms with van der Waals surface area (Å²) in [6.45, 7) is 0.187. The fraction of sp³-hybridized carbons (Fsp3) is 0.0952. The molecule has 0 fully saturated rings. The predicted molar refractivity (Wildman–Crippen MR) is 108 cm³/mol. The molecule has 0 bridgehead atoms. The molecule has 30 heavy (non-hydrogen) atoms. The van der Waals surface area contributed by atoms with Crippen molar-refractivity contribution in [3.8, 4) is 11.5 Å². The number of hydrogen-bond donors (Lipinski definition) is 1. The molecular formula is C21H16ClFN2O5. The molecule has 0 aromatic heterocycles. The van der Waals surface area contributed by atoms with E-state index in [1.807, 2.05) is 30.3 Å². The van der Waals surface area contributed by atoms with Crippen LogP contribution in [0.25, 0.3) is 0 Å². The molecule has 3 rings (SSSR count). The van der Waals surface area contributed by atoms with E-state index in [9.17, 15) is 19.3 Å².